The van der Waals surface area contributed by atoms with Gasteiger partial charge in [-0.05, 0) is 26.2 Å². The summed E-state index contributed by atoms with van der Waals surface area (Å²) in [5, 5.41) is 17.2. The standard InChI is InChI=1S/C17H22N6O4.CH2O2/c1-21(2)6-7-27-11-4-5-12-13(8-11)19-20-16(12)18-14(24)9-23-15(25)10-22(3)17(23)26;2-1-3/h4-5,8H,6-7,9-10H2,1-3H3,(H2,18,19,20,24);1H,(H,2,3). The SMILES string of the molecule is CN(C)CCOc1ccc2c(NC(=O)CN3C(=O)CN(C)C3=O)n[nH]c2c1.O=CO. The second-order valence-corrected chi connectivity index (χ2v) is 6.70. The van der Waals surface area contributed by atoms with Crippen molar-refractivity contribution < 1.29 is 29.0 Å². The van der Waals surface area contributed by atoms with Crippen molar-refractivity contribution in [3.8, 4) is 5.75 Å². The van der Waals surface area contributed by atoms with Crippen LogP contribution in [-0.4, -0.2) is 102 Å². The van der Waals surface area contributed by atoms with E-state index in [4.69, 9.17) is 14.6 Å². The summed E-state index contributed by atoms with van der Waals surface area (Å²) in [6.07, 6.45) is 0. The maximum absolute atomic E-state index is 12.2. The number of carbonyl (C=O) groups excluding carboxylic acids is 3. The highest BCUT2D eigenvalue weighted by molar-refractivity contribution is 6.07. The first kappa shape index (κ1) is 22.6. The number of ether oxygens (including phenoxy) is 1. The summed E-state index contributed by atoms with van der Waals surface area (Å²) < 4.78 is 5.67. The number of amides is 4. The largest absolute Gasteiger partial charge is 0.492 e. The summed E-state index contributed by atoms with van der Waals surface area (Å²) in [7, 11) is 5.45. The number of aromatic nitrogens is 2. The van der Waals surface area contributed by atoms with Crippen LogP contribution in [0.1, 0.15) is 0 Å². The molecule has 0 spiro atoms. The van der Waals surface area contributed by atoms with Gasteiger partial charge in [0.2, 0.25) is 5.91 Å². The minimum Gasteiger partial charge on any atom is -0.492 e. The van der Waals surface area contributed by atoms with E-state index in [1.54, 1.807) is 18.2 Å². The van der Waals surface area contributed by atoms with Crippen molar-refractivity contribution in [2.24, 2.45) is 0 Å². The molecule has 0 aliphatic carbocycles. The average molecular weight is 420 g/mol. The molecule has 1 saturated heterocycles. The van der Waals surface area contributed by atoms with Crippen LogP contribution in [-0.2, 0) is 14.4 Å². The summed E-state index contributed by atoms with van der Waals surface area (Å²) >= 11 is 0. The number of carboxylic acid groups (broad SMARTS) is 1. The van der Waals surface area contributed by atoms with E-state index < -0.39 is 17.8 Å². The van der Waals surface area contributed by atoms with Crippen LogP contribution < -0.4 is 10.1 Å². The van der Waals surface area contributed by atoms with Crippen LogP contribution >= 0.6 is 0 Å². The number of urea groups is 1. The number of nitrogens with zero attached hydrogens (tertiary/aromatic N) is 4. The van der Waals surface area contributed by atoms with Gasteiger partial charge in [0.1, 0.15) is 25.4 Å². The van der Waals surface area contributed by atoms with Gasteiger partial charge in [-0.2, -0.15) is 5.10 Å². The van der Waals surface area contributed by atoms with Crippen LogP contribution in [0.15, 0.2) is 18.2 Å². The third-order valence-corrected chi connectivity index (χ3v) is 4.13. The number of carbonyl (C=O) groups is 4. The number of imide groups is 1. The summed E-state index contributed by atoms with van der Waals surface area (Å²) in [6.45, 7) is 0.740. The predicted octanol–water partition coefficient (Wildman–Crippen LogP) is 0.0366. The van der Waals surface area contributed by atoms with Crippen molar-refractivity contribution in [3.63, 3.8) is 0 Å². The molecule has 30 heavy (non-hydrogen) atoms. The second kappa shape index (κ2) is 10.2. The fraction of sp³-hybridized carbons (Fsp3) is 0.389. The van der Waals surface area contributed by atoms with Gasteiger partial charge in [0, 0.05) is 25.0 Å². The van der Waals surface area contributed by atoms with Gasteiger partial charge in [0.15, 0.2) is 5.82 Å². The van der Waals surface area contributed by atoms with E-state index in [0.29, 0.717) is 29.1 Å². The molecule has 0 unspecified atom stereocenters. The molecule has 3 rings (SSSR count). The molecule has 3 N–H and O–H groups in total. The minimum absolute atomic E-state index is 0.0198. The molecule has 1 aliphatic rings. The van der Waals surface area contributed by atoms with Crippen LogP contribution in [0.25, 0.3) is 10.9 Å². The highest BCUT2D eigenvalue weighted by atomic mass is 16.5. The summed E-state index contributed by atoms with van der Waals surface area (Å²) in [6, 6.07) is 4.91. The molecule has 12 nitrogen and oxygen atoms in total. The molecule has 1 aromatic carbocycles. The highest BCUT2D eigenvalue weighted by Crippen LogP contribution is 2.25. The van der Waals surface area contributed by atoms with Crippen LogP contribution in [0.2, 0.25) is 0 Å². The monoisotopic (exact) mass is 420 g/mol. The fourth-order valence-corrected chi connectivity index (χ4v) is 2.67. The minimum atomic E-state index is -0.494. The van der Waals surface area contributed by atoms with Gasteiger partial charge in [-0.25, -0.2) is 4.79 Å². The van der Waals surface area contributed by atoms with Crippen molar-refractivity contribution >= 4 is 41.0 Å². The van der Waals surface area contributed by atoms with E-state index in [0.717, 1.165) is 11.4 Å². The Kier molecular flexibility index (Phi) is 7.69. The summed E-state index contributed by atoms with van der Waals surface area (Å²) in [5.41, 5.74) is 0.709. The molecule has 0 atom stereocenters. The van der Waals surface area contributed by atoms with Gasteiger partial charge < -0.3 is 25.0 Å². The van der Waals surface area contributed by atoms with Gasteiger partial charge in [0.05, 0.1) is 5.52 Å². The lowest BCUT2D eigenvalue weighted by molar-refractivity contribution is -0.129. The van der Waals surface area contributed by atoms with Gasteiger partial charge >= 0.3 is 6.03 Å². The lowest BCUT2D eigenvalue weighted by atomic mass is 10.2. The van der Waals surface area contributed by atoms with E-state index in [2.05, 4.69) is 15.5 Å². The number of hydrogen-bond acceptors (Lipinski definition) is 7. The van der Waals surface area contributed by atoms with Crippen LogP contribution in [0.3, 0.4) is 0 Å². The fourth-order valence-electron chi connectivity index (χ4n) is 2.67. The topological polar surface area (TPSA) is 148 Å². The van der Waals surface area contributed by atoms with Gasteiger partial charge in [0.25, 0.3) is 12.4 Å². The Labute approximate surface area is 172 Å². The quantitative estimate of drug-likeness (QED) is 0.420. The third kappa shape index (κ3) is 5.67. The van der Waals surface area contributed by atoms with Crippen molar-refractivity contribution in [1.82, 2.24) is 24.9 Å². The Morgan fingerprint density at radius 1 is 1.40 bits per heavy atom. The first-order valence-corrected chi connectivity index (χ1v) is 8.95. The molecular formula is C18H24N6O6. The highest BCUT2D eigenvalue weighted by Gasteiger charge is 2.34. The smallest absolute Gasteiger partial charge is 0.327 e. The number of rotatable bonds is 7. The lowest BCUT2D eigenvalue weighted by Gasteiger charge is -2.13. The van der Waals surface area contributed by atoms with E-state index in [9.17, 15) is 14.4 Å². The maximum atomic E-state index is 12.2. The molecule has 162 valence electrons. The number of anilines is 1. The molecule has 12 heteroatoms. The normalized spacial score (nSPS) is 13.5. The van der Waals surface area contributed by atoms with Crippen molar-refractivity contribution in [1.29, 1.82) is 0 Å². The molecule has 4 amide bonds. The number of hydrogen-bond donors (Lipinski definition) is 3. The molecule has 2 aromatic rings. The van der Waals surface area contributed by atoms with Gasteiger partial charge in [-0.15, -0.1) is 0 Å². The Morgan fingerprint density at radius 2 is 2.10 bits per heavy atom. The molecule has 1 fully saturated rings. The number of aromatic amines is 1. The van der Waals surface area contributed by atoms with Crippen LogP contribution in [0.4, 0.5) is 10.6 Å². The third-order valence-electron chi connectivity index (χ3n) is 4.13. The molecule has 1 aliphatic heterocycles. The Bertz CT molecular complexity index is 927. The van der Waals surface area contributed by atoms with E-state index in [-0.39, 0.29) is 19.6 Å². The van der Waals surface area contributed by atoms with Crippen LogP contribution in [0.5, 0.6) is 5.75 Å². The number of benzene rings is 1. The van der Waals surface area contributed by atoms with Crippen molar-refractivity contribution in [2.45, 2.75) is 0 Å². The first-order chi connectivity index (χ1) is 14.3. The molecule has 0 saturated carbocycles. The van der Waals surface area contributed by atoms with E-state index in [1.165, 1.54) is 11.9 Å². The predicted molar refractivity (Wildman–Crippen MR) is 107 cm³/mol. The van der Waals surface area contributed by atoms with Crippen molar-refractivity contribution in [2.75, 3.05) is 52.7 Å². The van der Waals surface area contributed by atoms with Crippen molar-refractivity contribution in [3.05, 3.63) is 18.2 Å². The zero-order valence-corrected chi connectivity index (χ0v) is 16.9. The molecule has 2 heterocycles. The lowest BCUT2D eigenvalue weighted by Crippen LogP contribution is -2.38. The van der Waals surface area contributed by atoms with E-state index in [1.807, 2.05) is 19.0 Å². The second-order valence-electron chi connectivity index (χ2n) is 6.70. The molecular weight excluding hydrogens is 396 g/mol. The number of H-pyrrole nitrogens is 1. The van der Waals surface area contributed by atoms with Gasteiger partial charge in [-0.3, -0.25) is 24.4 Å². The molecule has 1 aromatic heterocycles. The Hall–Kier alpha value is -3.67. The maximum Gasteiger partial charge on any atom is 0.327 e. The van der Waals surface area contributed by atoms with Crippen LogP contribution in [0, 0.1) is 0 Å². The first-order valence-electron chi connectivity index (χ1n) is 8.95. The van der Waals surface area contributed by atoms with E-state index >= 15 is 0 Å². The zero-order valence-electron chi connectivity index (χ0n) is 16.9. The molecule has 0 bridgehead atoms. The number of nitrogens with one attached hydrogen (secondary N) is 2. The number of fused-ring (bicyclic) bond motifs is 1. The Morgan fingerprint density at radius 3 is 2.70 bits per heavy atom. The number of likely N-dealkylation sites (N-methyl/N-ethyl adjacent to an activating group) is 2. The average Bonchev–Trinajstić information content (AvgIpc) is 3.17. The summed E-state index contributed by atoms with van der Waals surface area (Å²) in [4.78, 5) is 48.4. The molecule has 0 radical (unpaired) electrons. The zero-order chi connectivity index (χ0) is 22.3. The summed E-state index contributed by atoms with van der Waals surface area (Å²) in [5.74, 6) is 0.139. The Balaban J connectivity index is 0.00000101. The van der Waals surface area contributed by atoms with Gasteiger partial charge in [-0.1, -0.05) is 0 Å².